The van der Waals surface area contributed by atoms with E-state index < -0.39 is 0 Å². The van der Waals surface area contributed by atoms with E-state index in [4.69, 9.17) is 15.0 Å². The van der Waals surface area contributed by atoms with Gasteiger partial charge in [0.1, 0.15) is 0 Å². The summed E-state index contributed by atoms with van der Waals surface area (Å²) in [4.78, 5) is 29.3. The zero-order valence-electron chi connectivity index (χ0n) is 40.1. The normalized spacial score (nSPS) is 11.8. The Morgan fingerprint density at radius 2 is 0.579 bits per heavy atom. The summed E-state index contributed by atoms with van der Waals surface area (Å²) in [6.07, 6.45) is 17.4. The van der Waals surface area contributed by atoms with Gasteiger partial charge in [-0.3, -0.25) is 0 Å². The van der Waals surface area contributed by atoms with Gasteiger partial charge in [0.25, 0.3) is 0 Å². The molecule has 0 fully saturated rings. The van der Waals surface area contributed by atoms with Crippen LogP contribution in [0.5, 0.6) is 0 Å². The van der Waals surface area contributed by atoms with Gasteiger partial charge in [-0.2, -0.15) is 0 Å². The summed E-state index contributed by atoms with van der Waals surface area (Å²) >= 11 is 0. The zero-order chi connectivity index (χ0) is 49.1. The van der Waals surface area contributed by atoms with Gasteiger partial charge in [0.05, 0.1) is 54.1 Å². The average Bonchev–Trinajstić information content (AvgIpc) is 4.34. The molecule has 0 atom stereocenters. The van der Waals surface area contributed by atoms with Crippen LogP contribution in [0.15, 0.2) is 220 Å². The van der Waals surface area contributed by atoms with E-state index in [2.05, 4.69) is 174 Å². The monoisotopic (exact) mass is 1150 g/mol. The Kier molecular flexibility index (Phi) is 9.90. The fourth-order valence-electron chi connectivity index (χ4n) is 11.6. The van der Waals surface area contributed by atoms with Crippen molar-refractivity contribution in [1.29, 1.82) is 0 Å². The second kappa shape index (κ2) is 17.2. The maximum Gasteiger partial charge on any atom is 3.00 e. The van der Waals surface area contributed by atoms with E-state index in [1.165, 1.54) is 0 Å². The summed E-state index contributed by atoms with van der Waals surface area (Å²) in [5, 5.41) is 5.91. The number of fused-ring (bicyclic) bond motifs is 18. The minimum atomic E-state index is 0. The van der Waals surface area contributed by atoms with Crippen molar-refractivity contribution >= 4 is 82.0 Å². The second-order valence-corrected chi connectivity index (χ2v) is 19.0. The first-order valence-electron chi connectivity index (χ1n) is 24.8. The van der Waals surface area contributed by atoms with E-state index in [-0.39, 0.29) is 20.1 Å². The topological polar surface area (TPSA) is 90.6 Å². The number of rotatable bonds is 6. The number of hydrogen-bond donors (Lipinski definition) is 0. The molecular formula is C66H36IrN9. The maximum atomic E-state index is 5.18. The molecule has 0 amide bonds. The molecule has 0 saturated heterocycles. The van der Waals surface area contributed by atoms with Gasteiger partial charge in [-0.25, -0.2) is 15.0 Å². The SMILES string of the molecule is [Ir+3].[c-]1cccc2c1c1ncc(-c3ccccc3-c3cc(-c4ccccc4-c4cnc5c6[c-]cccc6n6cncc6c5c4)cc(-c4ccccc4-c4cnc5c6[c-]cccc6n6cncc6c5c4)c3)cc1c1cncn21. The molecule has 76 heavy (non-hydrogen) atoms. The molecule has 7 aromatic carbocycles. The summed E-state index contributed by atoms with van der Waals surface area (Å²) < 4.78 is 6.39. The van der Waals surface area contributed by atoms with Crippen LogP contribution in [0.4, 0.5) is 0 Å². The smallest absolute Gasteiger partial charge is 0.342 e. The van der Waals surface area contributed by atoms with Crippen LogP contribution in [0.25, 0.3) is 149 Å². The van der Waals surface area contributed by atoms with Crippen molar-refractivity contribution in [3.63, 3.8) is 0 Å². The van der Waals surface area contributed by atoms with Gasteiger partial charge in [-0.1, -0.05) is 91.0 Å². The Labute approximate surface area is 447 Å². The van der Waals surface area contributed by atoms with Gasteiger partial charge >= 0.3 is 20.1 Å². The van der Waals surface area contributed by atoms with Gasteiger partial charge < -0.3 is 28.2 Å². The molecule has 9 aromatic heterocycles. The molecule has 0 N–H and O–H groups in total. The minimum absolute atomic E-state index is 0. The molecule has 0 aliphatic heterocycles. The van der Waals surface area contributed by atoms with E-state index in [0.29, 0.717) is 0 Å². The first kappa shape index (κ1) is 43.8. The largest absolute Gasteiger partial charge is 3.00 e. The molecule has 10 heteroatoms. The van der Waals surface area contributed by atoms with Crippen LogP contribution in [-0.4, -0.2) is 43.1 Å². The van der Waals surface area contributed by atoms with Crippen LogP contribution in [-0.2, 0) is 20.1 Å². The van der Waals surface area contributed by atoms with Crippen molar-refractivity contribution in [2.45, 2.75) is 0 Å². The molecule has 0 aliphatic rings. The van der Waals surface area contributed by atoms with Crippen LogP contribution >= 0.6 is 0 Å². The summed E-state index contributed by atoms with van der Waals surface area (Å²) in [5.41, 5.74) is 21.3. The Balaban J connectivity index is 0.00000506. The molecule has 0 spiro atoms. The molecule has 16 rings (SSSR count). The molecule has 9 heterocycles. The van der Waals surface area contributed by atoms with Gasteiger partial charge in [0, 0.05) is 18.6 Å². The number of aromatic nitrogens is 9. The van der Waals surface area contributed by atoms with Crippen molar-refractivity contribution in [3.8, 4) is 66.8 Å². The molecule has 0 bridgehead atoms. The predicted molar refractivity (Wildman–Crippen MR) is 300 cm³/mol. The molecule has 0 unspecified atom stereocenters. The zero-order valence-corrected chi connectivity index (χ0v) is 42.5. The van der Waals surface area contributed by atoms with E-state index in [1.54, 1.807) is 0 Å². The molecule has 0 aliphatic carbocycles. The fraction of sp³-hybridized carbons (Fsp3) is 0. The van der Waals surface area contributed by atoms with E-state index >= 15 is 0 Å². The second-order valence-electron chi connectivity index (χ2n) is 19.0. The Morgan fingerprint density at radius 3 is 0.882 bits per heavy atom. The van der Waals surface area contributed by atoms with Crippen molar-refractivity contribution < 1.29 is 20.1 Å². The average molecular weight is 1150 g/mol. The molecular weight excluding hydrogens is 1110 g/mol. The summed E-state index contributed by atoms with van der Waals surface area (Å²) in [6, 6.07) is 68.2. The quantitative estimate of drug-likeness (QED) is 0.122. The third-order valence-corrected chi connectivity index (χ3v) is 15.0. The number of nitrogens with zero attached hydrogens (tertiary/aromatic N) is 9. The van der Waals surface area contributed by atoms with Gasteiger partial charge in [-0.15, -0.1) is 89.0 Å². The summed E-state index contributed by atoms with van der Waals surface area (Å²) in [7, 11) is 0. The molecule has 354 valence electrons. The number of hydrogen-bond acceptors (Lipinski definition) is 6. The molecule has 0 saturated carbocycles. The summed E-state index contributed by atoms with van der Waals surface area (Å²) in [6.45, 7) is 0. The number of benzene rings is 7. The summed E-state index contributed by atoms with van der Waals surface area (Å²) in [5.74, 6) is 0. The van der Waals surface area contributed by atoms with Crippen molar-refractivity contribution in [2.24, 2.45) is 0 Å². The first-order chi connectivity index (χ1) is 37.2. The molecule has 16 aromatic rings. The molecule has 0 radical (unpaired) electrons. The van der Waals surface area contributed by atoms with Crippen LogP contribution < -0.4 is 0 Å². The van der Waals surface area contributed by atoms with Crippen LogP contribution in [0.1, 0.15) is 0 Å². The minimum Gasteiger partial charge on any atom is -0.342 e. The van der Waals surface area contributed by atoms with Gasteiger partial charge in [0.2, 0.25) is 0 Å². The van der Waals surface area contributed by atoms with Crippen LogP contribution in [0, 0.1) is 18.2 Å². The van der Waals surface area contributed by atoms with E-state index in [1.807, 2.05) is 92.6 Å². The van der Waals surface area contributed by atoms with Gasteiger partial charge in [0.15, 0.2) is 0 Å². The van der Waals surface area contributed by atoms with Gasteiger partial charge in [-0.05, 0) is 134 Å². The Hall–Kier alpha value is -9.73. The third kappa shape index (κ3) is 6.61. The standard InChI is InChI=1S/C66H36N9.Ir/c1-4-16-49(43-28-55-61-34-67-37-73(61)58-22-10-7-19-52(58)64(55)70-31-43)46(13-1)40-25-41(47-14-2-5-17-50(47)44-29-56-62-35-68-38-74(62)59-23-11-8-20-53(59)65(56)71-32-44)27-42(26-40)48-15-3-6-18-51(48)45-30-57-63-36-69-39-75(63)60-24-12-9-21-54(60)66(57)72-33-45;/h1-18,22-39H;/q-3;+3. The predicted octanol–water partition coefficient (Wildman–Crippen LogP) is 15.1. The van der Waals surface area contributed by atoms with Crippen molar-refractivity contribution in [3.05, 3.63) is 238 Å². The van der Waals surface area contributed by atoms with E-state index in [9.17, 15) is 0 Å². The first-order valence-corrected chi connectivity index (χ1v) is 24.8. The Morgan fingerprint density at radius 1 is 0.289 bits per heavy atom. The van der Waals surface area contributed by atoms with Crippen molar-refractivity contribution in [2.75, 3.05) is 0 Å². The van der Waals surface area contributed by atoms with Crippen molar-refractivity contribution in [1.82, 2.24) is 43.1 Å². The molecule has 9 nitrogen and oxygen atoms in total. The number of pyridine rings is 6. The van der Waals surface area contributed by atoms with Crippen LogP contribution in [0.3, 0.4) is 0 Å². The number of imidazole rings is 3. The Bertz CT molecular complexity index is 4540. The van der Waals surface area contributed by atoms with Crippen LogP contribution in [0.2, 0.25) is 0 Å². The van der Waals surface area contributed by atoms with E-state index in [0.717, 1.165) is 149 Å². The maximum absolute atomic E-state index is 5.18. The fourth-order valence-corrected chi connectivity index (χ4v) is 11.6. The third-order valence-electron chi connectivity index (χ3n) is 15.0.